The van der Waals surface area contributed by atoms with E-state index in [1.54, 1.807) is 23.0 Å². The molecule has 1 aliphatic heterocycles. The van der Waals surface area contributed by atoms with Gasteiger partial charge in [-0.2, -0.15) is 5.10 Å². The van der Waals surface area contributed by atoms with Crippen molar-refractivity contribution >= 4 is 28.4 Å². The molecule has 178 valence electrons. The molecule has 0 radical (unpaired) electrons. The first-order valence-electron chi connectivity index (χ1n) is 11.6. The van der Waals surface area contributed by atoms with E-state index in [4.69, 9.17) is 0 Å². The van der Waals surface area contributed by atoms with Gasteiger partial charge in [0.15, 0.2) is 0 Å². The second-order valence-corrected chi connectivity index (χ2v) is 8.83. The van der Waals surface area contributed by atoms with Crippen LogP contribution in [-0.4, -0.2) is 74.6 Å². The number of aromatic nitrogens is 4. The molecule has 1 aromatic carbocycles. The number of aryl methyl sites for hydroxylation is 1. The summed E-state index contributed by atoms with van der Waals surface area (Å²) in [5.41, 5.74) is 4.18. The van der Waals surface area contributed by atoms with Crippen LogP contribution in [0.2, 0.25) is 0 Å². The molecule has 0 atom stereocenters. The molecule has 0 saturated carbocycles. The molecular formula is C26H27N7O2. The first-order valence-corrected chi connectivity index (χ1v) is 11.6. The van der Waals surface area contributed by atoms with Crippen molar-refractivity contribution in [2.24, 2.45) is 0 Å². The smallest absolute Gasteiger partial charge is 0.274 e. The number of fused-ring (bicyclic) bond motifs is 1. The average molecular weight is 470 g/mol. The highest BCUT2D eigenvalue weighted by molar-refractivity contribution is 6.04. The van der Waals surface area contributed by atoms with Gasteiger partial charge in [-0.25, -0.2) is 4.98 Å². The lowest BCUT2D eigenvalue weighted by Gasteiger charge is -2.32. The van der Waals surface area contributed by atoms with Crippen LogP contribution in [0.25, 0.3) is 22.2 Å². The Bertz CT molecular complexity index is 1370. The standard InChI is InChI=1S/C26H27N7O2/c1-18-6-7-19(15-27-18)22-4-3-5-24(29-22)26(35)28-21-8-9-23-20(14-21)16-33(30-23)17-25(34)32-12-10-31(2)11-13-32/h3-9,14-16H,10-13,17H2,1-2H3,(H,28,35). The third-order valence-electron chi connectivity index (χ3n) is 6.15. The van der Waals surface area contributed by atoms with Crippen molar-refractivity contribution < 1.29 is 9.59 Å². The maximum Gasteiger partial charge on any atom is 0.274 e. The van der Waals surface area contributed by atoms with Gasteiger partial charge in [-0.3, -0.25) is 19.3 Å². The third kappa shape index (κ3) is 5.20. The maximum atomic E-state index is 12.9. The minimum atomic E-state index is -0.302. The van der Waals surface area contributed by atoms with Crippen molar-refractivity contribution in [3.05, 3.63) is 72.3 Å². The number of pyridine rings is 2. The highest BCUT2D eigenvalue weighted by atomic mass is 16.2. The Morgan fingerprint density at radius 2 is 1.86 bits per heavy atom. The summed E-state index contributed by atoms with van der Waals surface area (Å²) >= 11 is 0. The highest BCUT2D eigenvalue weighted by Crippen LogP contribution is 2.20. The fraction of sp³-hybridized carbons (Fsp3) is 0.269. The minimum absolute atomic E-state index is 0.0640. The second-order valence-electron chi connectivity index (χ2n) is 8.83. The molecule has 4 heterocycles. The summed E-state index contributed by atoms with van der Waals surface area (Å²) in [4.78, 5) is 38.4. The molecule has 0 bridgehead atoms. The van der Waals surface area contributed by atoms with Crippen LogP contribution in [0.4, 0.5) is 5.69 Å². The van der Waals surface area contributed by atoms with E-state index in [2.05, 4.69) is 32.3 Å². The molecule has 1 saturated heterocycles. The largest absolute Gasteiger partial charge is 0.339 e. The van der Waals surface area contributed by atoms with E-state index < -0.39 is 0 Å². The fourth-order valence-corrected chi connectivity index (χ4v) is 4.07. The van der Waals surface area contributed by atoms with Gasteiger partial charge in [0.05, 0.1) is 11.2 Å². The monoisotopic (exact) mass is 469 g/mol. The normalized spacial score (nSPS) is 14.3. The van der Waals surface area contributed by atoms with Crippen LogP contribution in [0, 0.1) is 6.92 Å². The van der Waals surface area contributed by atoms with Gasteiger partial charge in [-0.05, 0) is 56.4 Å². The Morgan fingerprint density at radius 1 is 1.03 bits per heavy atom. The molecule has 9 heteroatoms. The zero-order chi connectivity index (χ0) is 24.4. The molecule has 0 aliphatic carbocycles. The van der Waals surface area contributed by atoms with Crippen LogP contribution in [0.1, 0.15) is 16.2 Å². The number of benzene rings is 1. The Hall–Kier alpha value is -4.11. The van der Waals surface area contributed by atoms with Crippen LogP contribution in [0.15, 0.2) is 60.9 Å². The number of nitrogens with zero attached hydrogens (tertiary/aromatic N) is 6. The molecular weight excluding hydrogens is 442 g/mol. The van der Waals surface area contributed by atoms with Crippen LogP contribution >= 0.6 is 0 Å². The summed E-state index contributed by atoms with van der Waals surface area (Å²) in [6, 6.07) is 14.7. The summed E-state index contributed by atoms with van der Waals surface area (Å²) in [5, 5.41) is 8.28. The van der Waals surface area contributed by atoms with Gasteiger partial charge in [-0.1, -0.05) is 6.07 Å². The quantitative estimate of drug-likeness (QED) is 0.483. The van der Waals surface area contributed by atoms with E-state index >= 15 is 0 Å². The van der Waals surface area contributed by atoms with Gasteiger partial charge in [-0.15, -0.1) is 0 Å². The number of likely N-dealkylation sites (N-methyl/N-ethyl adjacent to an activating group) is 1. The first kappa shape index (κ1) is 22.7. The SMILES string of the molecule is Cc1ccc(-c2cccc(C(=O)Nc3ccc4nn(CC(=O)N5CCN(C)CC5)cc4c3)n2)cn1. The number of piperazine rings is 1. The fourth-order valence-electron chi connectivity index (χ4n) is 4.07. The Morgan fingerprint density at radius 3 is 2.63 bits per heavy atom. The molecule has 0 spiro atoms. The molecule has 2 amide bonds. The van der Waals surface area contributed by atoms with Gasteiger partial charge >= 0.3 is 0 Å². The summed E-state index contributed by atoms with van der Waals surface area (Å²) in [5.74, 6) is -0.238. The Labute approximate surface area is 203 Å². The summed E-state index contributed by atoms with van der Waals surface area (Å²) in [7, 11) is 2.06. The summed E-state index contributed by atoms with van der Waals surface area (Å²) < 4.78 is 1.66. The van der Waals surface area contributed by atoms with Gasteiger partial charge in [0.2, 0.25) is 5.91 Å². The van der Waals surface area contributed by atoms with Crippen LogP contribution in [-0.2, 0) is 11.3 Å². The molecule has 4 aromatic rings. The number of hydrogen-bond acceptors (Lipinski definition) is 6. The molecule has 1 aliphatic rings. The van der Waals surface area contributed by atoms with E-state index in [1.807, 2.05) is 54.4 Å². The van der Waals surface area contributed by atoms with Gasteiger partial charge in [0.1, 0.15) is 12.2 Å². The molecule has 3 aromatic heterocycles. The first-order chi connectivity index (χ1) is 16.9. The molecule has 35 heavy (non-hydrogen) atoms. The molecule has 0 unspecified atom stereocenters. The number of carbonyl (C=O) groups is 2. The van der Waals surface area contributed by atoms with Crippen molar-refractivity contribution in [1.82, 2.24) is 29.5 Å². The number of carbonyl (C=O) groups excluding carboxylic acids is 2. The number of amides is 2. The lowest BCUT2D eigenvalue weighted by molar-refractivity contribution is -0.133. The van der Waals surface area contributed by atoms with Crippen LogP contribution in [0.5, 0.6) is 0 Å². The topological polar surface area (TPSA) is 96.2 Å². The Balaban J connectivity index is 1.27. The van der Waals surface area contributed by atoms with Gasteiger partial charge in [0, 0.05) is 60.9 Å². The highest BCUT2D eigenvalue weighted by Gasteiger charge is 2.19. The average Bonchev–Trinajstić information content (AvgIpc) is 3.26. The number of hydrogen-bond donors (Lipinski definition) is 1. The third-order valence-corrected chi connectivity index (χ3v) is 6.15. The van der Waals surface area contributed by atoms with E-state index in [0.717, 1.165) is 48.3 Å². The van der Waals surface area contributed by atoms with Gasteiger partial charge in [0.25, 0.3) is 5.91 Å². The van der Waals surface area contributed by atoms with E-state index in [9.17, 15) is 9.59 Å². The predicted molar refractivity (Wildman–Crippen MR) is 134 cm³/mol. The van der Waals surface area contributed by atoms with Crippen molar-refractivity contribution in [2.45, 2.75) is 13.5 Å². The molecule has 1 fully saturated rings. The van der Waals surface area contributed by atoms with E-state index in [0.29, 0.717) is 17.1 Å². The predicted octanol–water partition coefficient (Wildman–Crippen LogP) is 2.83. The van der Waals surface area contributed by atoms with E-state index in [1.165, 1.54) is 0 Å². The number of rotatable bonds is 5. The van der Waals surface area contributed by atoms with Crippen molar-refractivity contribution in [1.29, 1.82) is 0 Å². The van der Waals surface area contributed by atoms with E-state index in [-0.39, 0.29) is 18.4 Å². The lowest BCUT2D eigenvalue weighted by atomic mass is 10.1. The number of anilines is 1. The molecule has 1 N–H and O–H groups in total. The van der Waals surface area contributed by atoms with Crippen LogP contribution < -0.4 is 5.32 Å². The summed E-state index contributed by atoms with van der Waals surface area (Å²) in [6.07, 6.45) is 3.58. The zero-order valence-electron chi connectivity index (χ0n) is 19.8. The maximum absolute atomic E-state index is 12.9. The molecule has 5 rings (SSSR count). The lowest BCUT2D eigenvalue weighted by Crippen LogP contribution is -2.48. The van der Waals surface area contributed by atoms with Gasteiger partial charge < -0.3 is 15.1 Å². The van der Waals surface area contributed by atoms with Crippen LogP contribution in [0.3, 0.4) is 0 Å². The van der Waals surface area contributed by atoms with Crippen molar-refractivity contribution in [3.63, 3.8) is 0 Å². The Kier molecular flexibility index (Phi) is 6.24. The molecule has 9 nitrogen and oxygen atoms in total. The minimum Gasteiger partial charge on any atom is -0.339 e. The van der Waals surface area contributed by atoms with Crippen molar-refractivity contribution in [3.8, 4) is 11.3 Å². The number of nitrogens with one attached hydrogen (secondary N) is 1. The summed E-state index contributed by atoms with van der Waals surface area (Å²) in [6.45, 7) is 5.37. The second kappa shape index (κ2) is 9.63. The zero-order valence-corrected chi connectivity index (χ0v) is 19.8. The van der Waals surface area contributed by atoms with Crippen molar-refractivity contribution in [2.75, 3.05) is 38.5 Å².